The zero-order valence-corrected chi connectivity index (χ0v) is 13.2. The van der Waals surface area contributed by atoms with Crippen molar-refractivity contribution in [2.75, 3.05) is 31.1 Å². The molecule has 4 rings (SSSR count). The smallest absolute Gasteiger partial charge is 0.257 e. The SMILES string of the molecule is N[C@@H]1CCN(C(=O)c2cc3ccccc3nc2N2CCCC2)C1. The molecule has 23 heavy (non-hydrogen) atoms. The molecule has 2 fully saturated rings. The number of hydrogen-bond donors (Lipinski definition) is 1. The Morgan fingerprint density at radius 3 is 2.70 bits per heavy atom. The summed E-state index contributed by atoms with van der Waals surface area (Å²) in [4.78, 5) is 22.0. The largest absolute Gasteiger partial charge is 0.356 e. The molecular weight excluding hydrogens is 288 g/mol. The molecule has 0 unspecified atom stereocenters. The van der Waals surface area contributed by atoms with Crippen molar-refractivity contribution in [3.8, 4) is 0 Å². The van der Waals surface area contributed by atoms with Gasteiger partial charge in [0.1, 0.15) is 5.82 Å². The predicted molar refractivity (Wildman–Crippen MR) is 91.7 cm³/mol. The van der Waals surface area contributed by atoms with Crippen LogP contribution in [0.25, 0.3) is 10.9 Å². The lowest BCUT2D eigenvalue weighted by Crippen LogP contribution is -2.33. The van der Waals surface area contributed by atoms with Crippen molar-refractivity contribution in [1.82, 2.24) is 9.88 Å². The maximum atomic E-state index is 13.0. The Morgan fingerprint density at radius 1 is 1.17 bits per heavy atom. The fraction of sp³-hybridized carbons (Fsp3) is 0.444. The molecule has 5 heteroatoms. The number of carbonyl (C=O) groups is 1. The first-order valence-corrected chi connectivity index (χ1v) is 8.42. The van der Waals surface area contributed by atoms with Crippen LogP contribution in [0.5, 0.6) is 0 Å². The highest BCUT2D eigenvalue weighted by Crippen LogP contribution is 2.28. The highest BCUT2D eigenvalue weighted by molar-refractivity contribution is 6.02. The van der Waals surface area contributed by atoms with E-state index in [1.807, 2.05) is 35.2 Å². The molecule has 0 spiro atoms. The number of hydrogen-bond acceptors (Lipinski definition) is 4. The summed E-state index contributed by atoms with van der Waals surface area (Å²) in [5, 5.41) is 1.02. The van der Waals surface area contributed by atoms with Crippen LogP contribution in [0.4, 0.5) is 5.82 Å². The lowest BCUT2D eigenvalue weighted by atomic mass is 10.1. The lowest BCUT2D eigenvalue weighted by Gasteiger charge is -2.23. The van der Waals surface area contributed by atoms with E-state index >= 15 is 0 Å². The van der Waals surface area contributed by atoms with Gasteiger partial charge in [-0.05, 0) is 31.4 Å². The summed E-state index contributed by atoms with van der Waals surface area (Å²) in [5.74, 6) is 0.907. The van der Waals surface area contributed by atoms with E-state index < -0.39 is 0 Å². The number of likely N-dealkylation sites (tertiary alicyclic amines) is 1. The van der Waals surface area contributed by atoms with E-state index in [1.165, 1.54) is 0 Å². The third-order valence-electron chi connectivity index (χ3n) is 4.85. The Labute approximate surface area is 136 Å². The van der Waals surface area contributed by atoms with Gasteiger partial charge in [0.15, 0.2) is 0 Å². The number of pyridine rings is 1. The van der Waals surface area contributed by atoms with Gasteiger partial charge in [0.05, 0.1) is 11.1 Å². The van der Waals surface area contributed by atoms with Gasteiger partial charge in [0, 0.05) is 37.6 Å². The van der Waals surface area contributed by atoms with Crippen molar-refractivity contribution in [3.05, 3.63) is 35.9 Å². The summed E-state index contributed by atoms with van der Waals surface area (Å²) in [6.07, 6.45) is 3.21. The summed E-state index contributed by atoms with van der Waals surface area (Å²) in [5.41, 5.74) is 7.64. The average molecular weight is 310 g/mol. The molecule has 0 aliphatic carbocycles. The van der Waals surface area contributed by atoms with E-state index in [1.54, 1.807) is 0 Å². The Bertz CT molecular complexity index is 739. The van der Waals surface area contributed by atoms with E-state index in [9.17, 15) is 4.79 Å². The van der Waals surface area contributed by atoms with Crippen LogP contribution in [-0.2, 0) is 0 Å². The van der Waals surface area contributed by atoms with Crippen LogP contribution in [0.15, 0.2) is 30.3 Å². The Hall–Kier alpha value is -2.14. The summed E-state index contributed by atoms with van der Waals surface area (Å²) in [6, 6.07) is 10.1. The monoisotopic (exact) mass is 310 g/mol. The second kappa shape index (κ2) is 5.81. The van der Waals surface area contributed by atoms with Crippen LogP contribution >= 0.6 is 0 Å². The summed E-state index contributed by atoms with van der Waals surface area (Å²) < 4.78 is 0. The third-order valence-corrected chi connectivity index (χ3v) is 4.85. The molecule has 2 saturated heterocycles. The highest BCUT2D eigenvalue weighted by Gasteiger charge is 2.29. The molecule has 1 aromatic heterocycles. The molecule has 1 atom stereocenters. The minimum atomic E-state index is 0.0677. The molecule has 3 heterocycles. The molecule has 2 aliphatic rings. The van der Waals surface area contributed by atoms with E-state index in [-0.39, 0.29) is 11.9 Å². The normalized spacial score (nSPS) is 21.3. The summed E-state index contributed by atoms with van der Waals surface area (Å²) >= 11 is 0. The van der Waals surface area contributed by atoms with Crippen molar-refractivity contribution in [1.29, 1.82) is 0 Å². The minimum Gasteiger partial charge on any atom is -0.356 e. The van der Waals surface area contributed by atoms with Crippen LogP contribution in [0.2, 0.25) is 0 Å². The van der Waals surface area contributed by atoms with E-state index in [0.29, 0.717) is 6.54 Å². The predicted octanol–water partition coefficient (Wildman–Crippen LogP) is 2.01. The maximum Gasteiger partial charge on any atom is 0.257 e. The second-order valence-corrected chi connectivity index (χ2v) is 6.55. The average Bonchev–Trinajstić information content (AvgIpc) is 3.24. The number of fused-ring (bicyclic) bond motifs is 1. The van der Waals surface area contributed by atoms with Crippen LogP contribution < -0.4 is 10.6 Å². The number of para-hydroxylation sites is 1. The fourth-order valence-electron chi connectivity index (χ4n) is 3.58. The number of anilines is 1. The minimum absolute atomic E-state index is 0.0677. The molecule has 0 radical (unpaired) electrons. The number of nitrogens with zero attached hydrogens (tertiary/aromatic N) is 3. The van der Waals surface area contributed by atoms with Gasteiger partial charge < -0.3 is 15.5 Å². The van der Waals surface area contributed by atoms with Gasteiger partial charge in [-0.15, -0.1) is 0 Å². The van der Waals surface area contributed by atoms with Gasteiger partial charge in [-0.3, -0.25) is 4.79 Å². The van der Waals surface area contributed by atoms with Gasteiger partial charge in [0.2, 0.25) is 0 Å². The molecule has 0 bridgehead atoms. The first-order valence-electron chi connectivity index (χ1n) is 8.42. The maximum absolute atomic E-state index is 13.0. The molecule has 5 nitrogen and oxygen atoms in total. The Balaban J connectivity index is 1.79. The second-order valence-electron chi connectivity index (χ2n) is 6.55. The van der Waals surface area contributed by atoms with Gasteiger partial charge in [-0.2, -0.15) is 0 Å². The molecular formula is C18H22N4O. The van der Waals surface area contributed by atoms with Crippen molar-refractivity contribution >= 4 is 22.6 Å². The molecule has 2 N–H and O–H groups in total. The lowest BCUT2D eigenvalue weighted by molar-refractivity contribution is 0.0791. The fourth-order valence-corrected chi connectivity index (χ4v) is 3.58. The van der Waals surface area contributed by atoms with E-state index in [0.717, 1.165) is 61.2 Å². The zero-order chi connectivity index (χ0) is 15.8. The molecule has 2 aliphatic heterocycles. The molecule has 1 aromatic carbocycles. The molecule has 2 aromatic rings. The van der Waals surface area contributed by atoms with Crippen molar-refractivity contribution in [3.63, 3.8) is 0 Å². The number of rotatable bonds is 2. The quantitative estimate of drug-likeness (QED) is 0.921. The third kappa shape index (κ3) is 2.65. The Morgan fingerprint density at radius 2 is 1.96 bits per heavy atom. The number of aromatic nitrogens is 1. The number of nitrogens with two attached hydrogens (primary N) is 1. The van der Waals surface area contributed by atoms with Crippen LogP contribution in [0.1, 0.15) is 29.6 Å². The zero-order valence-electron chi connectivity index (χ0n) is 13.2. The van der Waals surface area contributed by atoms with E-state index in [4.69, 9.17) is 10.7 Å². The van der Waals surface area contributed by atoms with Crippen molar-refractivity contribution in [2.45, 2.75) is 25.3 Å². The van der Waals surface area contributed by atoms with Gasteiger partial charge in [-0.25, -0.2) is 4.98 Å². The standard InChI is InChI=1S/C18H22N4O/c19-14-7-10-22(12-14)18(23)15-11-13-5-1-2-6-16(13)20-17(15)21-8-3-4-9-21/h1-2,5-6,11,14H,3-4,7-10,12,19H2/t14-/m1/s1. The van der Waals surface area contributed by atoms with Gasteiger partial charge >= 0.3 is 0 Å². The summed E-state index contributed by atoms with van der Waals surface area (Å²) in [7, 11) is 0. The van der Waals surface area contributed by atoms with Crippen LogP contribution in [0, 0.1) is 0 Å². The number of amides is 1. The van der Waals surface area contributed by atoms with Crippen molar-refractivity contribution in [2.24, 2.45) is 5.73 Å². The molecule has 1 amide bonds. The van der Waals surface area contributed by atoms with Crippen LogP contribution in [-0.4, -0.2) is 48.0 Å². The summed E-state index contributed by atoms with van der Waals surface area (Å²) in [6.45, 7) is 3.34. The Kier molecular flexibility index (Phi) is 3.65. The number of carbonyl (C=O) groups excluding carboxylic acids is 1. The first-order chi connectivity index (χ1) is 11.2. The van der Waals surface area contributed by atoms with E-state index in [2.05, 4.69) is 4.90 Å². The first kappa shape index (κ1) is 14.5. The highest BCUT2D eigenvalue weighted by atomic mass is 16.2. The van der Waals surface area contributed by atoms with Gasteiger partial charge in [-0.1, -0.05) is 18.2 Å². The van der Waals surface area contributed by atoms with Gasteiger partial charge in [0.25, 0.3) is 5.91 Å². The molecule has 0 saturated carbocycles. The van der Waals surface area contributed by atoms with Crippen molar-refractivity contribution < 1.29 is 4.79 Å². The topological polar surface area (TPSA) is 62.5 Å². The number of benzene rings is 1. The molecule has 120 valence electrons. The van der Waals surface area contributed by atoms with Crippen LogP contribution in [0.3, 0.4) is 0 Å².